The van der Waals surface area contributed by atoms with E-state index < -0.39 is 12.2 Å². The van der Waals surface area contributed by atoms with Crippen molar-refractivity contribution in [2.24, 2.45) is 0 Å². The number of hydrogen-bond acceptors (Lipinski definition) is 6. The third-order valence-electron chi connectivity index (χ3n) is 3.45. The van der Waals surface area contributed by atoms with Crippen molar-refractivity contribution in [2.45, 2.75) is 26.2 Å². The van der Waals surface area contributed by atoms with Crippen LogP contribution in [0.4, 0.5) is 10.5 Å². The molecule has 3 aromatic rings. The Bertz CT molecular complexity index is 894. The van der Waals surface area contributed by atoms with E-state index in [1.807, 2.05) is 17.5 Å². The van der Waals surface area contributed by atoms with Gasteiger partial charge in [-0.2, -0.15) is 5.10 Å². The van der Waals surface area contributed by atoms with Gasteiger partial charge in [0.1, 0.15) is 17.7 Å². The number of aromatic nitrogens is 3. The van der Waals surface area contributed by atoms with Gasteiger partial charge in [-0.05, 0) is 13.0 Å². The van der Waals surface area contributed by atoms with Crippen molar-refractivity contribution in [1.29, 1.82) is 0 Å². The molecule has 0 saturated carbocycles. The average molecular weight is 393 g/mol. The molecule has 2 heterocycles. The highest BCUT2D eigenvalue weighted by Crippen LogP contribution is 2.19. The molecular formula is C17H17ClN4O3S. The normalized spacial score (nSPS) is 12.0. The van der Waals surface area contributed by atoms with Crippen LogP contribution in [0.25, 0.3) is 0 Å². The van der Waals surface area contributed by atoms with Gasteiger partial charge >= 0.3 is 6.09 Å². The van der Waals surface area contributed by atoms with Crippen LogP contribution in [0.15, 0.2) is 42.0 Å². The molecule has 0 bridgehead atoms. The standard InChI is InChI=1S/C17H17ClN4O3S/c1-11(23)16-20-14(10-26-16)8-22-7-13(6-19-22)21-17(24)25-9-12-4-2-3-5-15(12)18/h2-7,10-11,23H,8-9H2,1H3,(H,21,24)/t11-/m1/s1. The highest BCUT2D eigenvalue weighted by atomic mass is 35.5. The van der Waals surface area contributed by atoms with Gasteiger partial charge in [0.2, 0.25) is 0 Å². The summed E-state index contributed by atoms with van der Waals surface area (Å²) in [7, 11) is 0. The van der Waals surface area contributed by atoms with Crippen molar-refractivity contribution in [3.63, 3.8) is 0 Å². The van der Waals surface area contributed by atoms with E-state index in [0.717, 1.165) is 11.3 Å². The Morgan fingerprint density at radius 3 is 3.00 bits per heavy atom. The summed E-state index contributed by atoms with van der Waals surface area (Å²) in [5.41, 5.74) is 2.04. The largest absolute Gasteiger partial charge is 0.444 e. The fourth-order valence-electron chi connectivity index (χ4n) is 2.18. The molecular weight excluding hydrogens is 376 g/mol. The first kappa shape index (κ1) is 18.4. The number of aliphatic hydroxyl groups excluding tert-OH is 1. The molecule has 1 amide bonds. The van der Waals surface area contributed by atoms with Crippen molar-refractivity contribution in [2.75, 3.05) is 5.32 Å². The number of hydrogen-bond donors (Lipinski definition) is 2. The Morgan fingerprint density at radius 1 is 1.46 bits per heavy atom. The number of aliphatic hydroxyl groups is 1. The number of thiazole rings is 1. The number of anilines is 1. The topological polar surface area (TPSA) is 89.3 Å². The number of carbonyl (C=O) groups is 1. The molecule has 0 aliphatic heterocycles. The van der Waals surface area contributed by atoms with E-state index in [0.29, 0.717) is 22.3 Å². The van der Waals surface area contributed by atoms with E-state index in [9.17, 15) is 9.90 Å². The van der Waals surface area contributed by atoms with Crippen LogP contribution in [-0.2, 0) is 17.9 Å². The second-order valence-electron chi connectivity index (χ2n) is 5.57. The number of nitrogens with zero attached hydrogens (tertiary/aromatic N) is 3. The first-order valence-corrected chi connectivity index (χ1v) is 9.09. The van der Waals surface area contributed by atoms with Gasteiger partial charge in [0.15, 0.2) is 0 Å². The Kier molecular flexibility index (Phi) is 5.87. The summed E-state index contributed by atoms with van der Waals surface area (Å²) in [4.78, 5) is 16.2. The number of halogens is 1. The van der Waals surface area contributed by atoms with E-state index in [1.54, 1.807) is 29.9 Å². The summed E-state index contributed by atoms with van der Waals surface area (Å²) in [6.07, 6.45) is 2.03. The fourth-order valence-corrected chi connectivity index (χ4v) is 3.12. The van der Waals surface area contributed by atoms with Gasteiger partial charge in [0.05, 0.1) is 24.1 Å². The summed E-state index contributed by atoms with van der Waals surface area (Å²) < 4.78 is 6.80. The van der Waals surface area contributed by atoms with Gasteiger partial charge in [0, 0.05) is 22.2 Å². The average Bonchev–Trinajstić information content (AvgIpc) is 3.24. The lowest BCUT2D eigenvalue weighted by molar-refractivity contribution is 0.155. The van der Waals surface area contributed by atoms with Crippen molar-refractivity contribution in [3.05, 3.63) is 63.3 Å². The van der Waals surface area contributed by atoms with Crippen LogP contribution < -0.4 is 5.32 Å². The predicted octanol–water partition coefficient (Wildman–Crippen LogP) is 3.84. The maximum absolute atomic E-state index is 11.9. The zero-order valence-corrected chi connectivity index (χ0v) is 15.5. The molecule has 0 fully saturated rings. The Balaban J connectivity index is 1.52. The van der Waals surface area contributed by atoms with Gasteiger partial charge in [0.25, 0.3) is 0 Å². The fraction of sp³-hybridized carbons (Fsp3) is 0.235. The Labute approximate surface area is 159 Å². The lowest BCUT2D eigenvalue weighted by atomic mass is 10.2. The van der Waals surface area contributed by atoms with Gasteiger partial charge in [-0.3, -0.25) is 10.00 Å². The third kappa shape index (κ3) is 4.81. The number of ether oxygens (including phenoxy) is 1. The summed E-state index contributed by atoms with van der Waals surface area (Å²) in [6.45, 7) is 2.20. The molecule has 0 spiro atoms. The van der Waals surface area contributed by atoms with Crippen molar-refractivity contribution in [3.8, 4) is 0 Å². The molecule has 0 saturated heterocycles. The molecule has 0 radical (unpaired) electrons. The maximum Gasteiger partial charge on any atom is 0.412 e. The zero-order valence-electron chi connectivity index (χ0n) is 13.9. The minimum atomic E-state index is -0.588. The van der Waals surface area contributed by atoms with E-state index in [1.165, 1.54) is 17.5 Å². The second kappa shape index (κ2) is 8.31. The lowest BCUT2D eigenvalue weighted by Crippen LogP contribution is -2.13. The molecule has 2 aromatic heterocycles. The minimum absolute atomic E-state index is 0.0839. The first-order valence-electron chi connectivity index (χ1n) is 7.83. The van der Waals surface area contributed by atoms with Gasteiger partial charge in [-0.15, -0.1) is 11.3 Å². The summed E-state index contributed by atoms with van der Waals surface area (Å²) in [5, 5.41) is 19.4. The van der Waals surface area contributed by atoms with Crippen LogP contribution in [0.5, 0.6) is 0 Å². The number of amides is 1. The van der Waals surface area contributed by atoms with Gasteiger partial charge in [-0.25, -0.2) is 9.78 Å². The number of benzene rings is 1. The number of carbonyl (C=O) groups excluding carboxylic acids is 1. The third-order valence-corrected chi connectivity index (χ3v) is 4.88. The van der Waals surface area contributed by atoms with Crippen LogP contribution in [0.3, 0.4) is 0 Å². The molecule has 136 valence electrons. The van der Waals surface area contributed by atoms with Crippen LogP contribution in [0.2, 0.25) is 5.02 Å². The summed E-state index contributed by atoms with van der Waals surface area (Å²) in [6, 6.07) is 7.17. The quantitative estimate of drug-likeness (QED) is 0.665. The van der Waals surface area contributed by atoms with Gasteiger partial charge < -0.3 is 9.84 Å². The second-order valence-corrected chi connectivity index (χ2v) is 6.87. The highest BCUT2D eigenvalue weighted by molar-refractivity contribution is 7.09. The molecule has 1 atom stereocenters. The highest BCUT2D eigenvalue weighted by Gasteiger charge is 2.10. The van der Waals surface area contributed by atoms with E-state index >= 15 is 0 Å². The van der Waals surface area contributed by atoms with Gasteiger partial charge in [-0.1, -0.05) is 29.8 Å². The van der Waals surface area contributed by atoms with E-state index in [-0.39, 0.29) is 6.61 Å². The molecule has 0 unspecified atom stereocenters. The SMILES string of the molecule is C[C@@H](O)c1nc(Cn2cc(NC(=O)OCc3ccccc3Cl)cn2)cs1. The molecule has 2 N–H and O–H groups in total. The first-order chi connectivity index (χ1) is 12.5. The van der Waals surface area contributed by atoms with E-state index in [4.69, 9.17) is 16.3 Å². The predicted molar refractivity (Wildman–Crippen MR) is 99.3 cm³/mol. The maximum atomic E-state index is 11.9. The lowest BCUT2D eigenvalue weighted by Gasteiger charge is -2.06. The van der Waals surface area contributed by atoms with Crippen molar-refractivity contribution < 1.29 is 14.6 Å². The summed E-state index contributed by atoms with van der Waals surface area (Å²) in [5.74, 6) is 0. The molecule has 26 heavy (non-hydrogen) atoms. The molecule has 0 aliphatic rings. The minimum Gasteiger partial charge on any atom is -0.444 e. The van der Waals surface area contributed by atoms with Crippen LogP contribution in [-0.4, -0.2) is 26.0 Å². The molecule has 3 rings (SSSR count). The van der Waals surface area contributed by atoms with Crippen LogP contribution in [0.1, 0.15) is 29.3 Å². The Hall–Kier alpha value is -2.42. The number of rotatable bonds is 6. The molecule has 7 nitrogen and oxygen atoms in total. The number of nitrogens with one attached hydrogen (secondary N) is 1. The van der Waals surface area contributed by atoms with Crippen LogP contribution >= 0.6 is 22.9 Å². The van der Waals surface area contributed by atoms with Crippen LogP contribution in [0, 0.1) is 0 Å². The molecule has 0 aliphatic carbocycles. The summed E-state index contributed by atoms with van der Waals surface area (Å²) >= 11 is 7.42. The van der Waals surface area contributed by atoms with Crippen molar-refractivity contribution >= 4 is 34.7 Å². The Morgan fingerprint density at radius 2 is 2.27 bits per heavy atom. The molecule has 1 aromatic carbocycles. The smallest absolute Gasteiger partial charge is 0.412 e. The monoisotopic (exact) mass is 392 g/mol. The zero-order chi connectivity index (χ0) is 18.5. The van der Waals surface area contributed by atoms with E-state index in [2.05, 4.69) is 15.4 Å². The molecule has 9 heteroatoms. The van der Waals surface area contributed by atoms with Crippen molar-refractivity contribution in [1.82, 2.24) is 14.8 Å².